The maximum absolute atomic E-state index is 11.2. The lowest BCUT2D eigenvalue weighted by Gasteiger charge is -2.09. The Balaban J connectivity index is 2.16. The van der Waals surface area contributed by atoms with E-state index in [1.165, 1.54) is 0 Å². The van der Waals surface area contributed by atoms with E-state index in [4.69, 9.17) is 10.5 Å². The second-order valence-electron chi connectivity index (χ2n) is 3.50. The number of hydrogen-bond donors (Lipinski definition) is 1. The number of esters is 1. The molecule has 7 heteroatoms. The number of nitrogens with two attached hydrogens (primary N) is 1. The first-order chi connectivity index (χ1) is 8.15. The third-order valence-corrected chi connectivity index (χ3v) is 3.15. The van der Waals surface area contributed by atoms with Crippen molar-refractivity contribution in [2.24, 2.45) is 5.73 Å². The standard InChI is InChI=1S/C10H17N3O3S/c1-3-15-10(14)8(11)4-5-17-6-9-7(2)12-16-13-9/h8H,3-6,11H2,1-2H3. The van der Waals surface area contributed by atoms with Gasteiger partial charge in [-0.15, -0.1) is 0 Å². The molecule has 96 valence electrons. The summed E-state index contributed by atoms with van der Waals surface area (Å²) in [6.45, 7) is 3.97. The van der Waals surface area contributed by atoms with Gasteiger partial charge in [0.05, 0.1) is 6.61 Å². The molecule has 0 aliphatic heterocycles. The van der Waals surface area contributed by atoms with Gasteiger partial charge < -0.3 is 10.5 Å². The van der Waals surface area contributed by atoms with Gasteiger partial charge in [0.1, 0.15) is 17.4 Å². The summed E-state index contributed by atoms with van der Waals surface area (Å²) in [5, 5.41) is 7.45. The van der Waals surface area contributed by atoms with E-state index in [0.29, 0.717) is 18.8 Å². The molecular weight excluding hydrogens is 242 g/mol. The Labute approximate surface area is 104 Å². The minimum Gasteiger partial charge on any atom is -0.465 e. The van der Waals surface area contributed by atoms with Crippen LogP contribution in [0.3, 0.4) is 0 Å². The van der Waals surface area contributed by atoms with Crippen LogP contribution in [0, 0.1) is 6.92 Å². The average molecular weight is 259 g/mol. The molecule has 1 atom stereocenters. The van der Waals surface area contributed by atoms with E-state index >= 15 is 0 Å². The van der Waals surface area contributed by atoms with E-state index in [2.05, 4.69) is 14.9 Å². The summed E-state index contributed by atoms with van der Waals surface area (Å²) in [4.78, 5) is 11.2. The van der Waals surface area contributed by atoms with Gasteiger partial charge in [0, 0.05) is 5.75 Å². The van der Waals surface area contributed by atoms with Gasteiger partial charge in [0.15, 0.2) is 0 Å². The maximum Gasteiger partial charge on any atom is 0.322 e. The zero-order chi connectivity index (χ0) is 12.7. The van der Waals surface area contributed by atoms with E-state index in [9.17, 15) is 4.79 Å². The van der Waals surface area contributed by atoms with Crippen LogP contribution in [0.1, 0.15) is 24.7 Å². The molecule has 0 spiro atoms. The molecule has 0 saturated carbocycles. The van der Waals surface area contributed by atoms with Gasteiger partial charge in [-0.05, 0) is 26.0 Å². The number of rotatable bonds is 7. The normalized spacial score (nSPS) is 12.4. The first-order valence-electron chi connectivity index (χ1n) is 5.43. The summed E-state index contributed by atoms with van der Waals surface area (Å²) in [5.74, 6) is 1.14. The number of aromatic nitrogens is 2. The van der Waals surface area contributed by atoms with Crippen molar-refractivity contribution in [2.45, 2.75) is 32.1 Å². The van der Waals surface area contributed by atoms with Gasteiger partial charge in [0.2, 0.25) is 0 Å². The largest absolute Gasteiger partial charge is 0.465 e. The summed E-state index contributed by atoms with van der Waals surface area (Å²) >= 11 is 1.64. The highest BCUT2D eigenvalue weighted by atomic mass is 32.2. The zero-order valence-electron chi connectivity index (χ0n) is 10.0. The summed E-state index contributed by atoms with van der Waals surface area (Å²) in [7, 11) is 0. The summed E-state index contributed by atoms with van der Waals surface area (Å²) in [6, 6.07) is -0.543. The van der Waals surface area contributed by atoms with Crippen molar-refractivity contribution in [3.8, 4) is 0 Å². The fourth-order valence-corrected chi connectivity index (χ4v) is 2.15. The van der Waals surface area contributed by atoms with Crippen LogP contribution >= 0.6 is 11.8 Å². The predicted molar refractivity (Wildman–Crippen MR) is 64.4 cm³/mol. The molecule has 2 N–H and O–H groups in total. The molecule has 1 rings (SSSR count). The number of thioether (sulfide) groups is 1. The van der Waals surface area contributed by atoms with Crippen molar-refractivity contribution in [3.63, 3.8) is 0 Å². The number of carbonyl (C=O) groups excluding carboxylic acids is 1. The first-order valence-corrected chi connectivity index (χ1v) is 6.58. The smallest absolute Gasteiger partial charge is 0.322 e. The van der Waals surface area contributed by atoms with Crippen molar-refractivity contribution in [1.29, 1.82) is 0 Å². The van der Waals surface area contributed by atoms with Gasteiger partial charge >= 0.3 is 5.97 Å². The van der Waals surface area contributed by atoms with Crippen molar-refractivity contribution in [1.82, 2.24) is 10.3 Å². The Hall–Kier alpha value is -1.08. The van der Waals surface area contributed by atoms with Gasteiger partial charge in [-0.25, -0.2) is 4.63 Å². The number of aryl methyl sites for hydroxylation is 1. The Morgan fingerprint density at radius 2 is 2.35 bits per heavy atom. The van der Waals surface area contributed by atoms with Crippen LogP contribution in [-0.4, -0.2) is 34.7 Å². The lowest BCUT2D eigenvalue weighted by atomic mass is 10.2. The third-order valence-electron chi connectivity index (χ3n) is 2.15. The highest BCUT2D eigenvalue weighted by Gasteiger charge is 2.14. The van der Waals surface area contributed by atoms with Gasteiger partial charge in [-0.1, -0.05) is 10.3 Å². The molecule has 17 heavy (non-hydrogen) atoms. The second-order valence-corrected chi connectivity index (χ2v) is 4.60. The van der Waals surface area contributed by atoms with Crippen LogP contribution in [0.25, 0.3) is 0 Å². The summed E-state index contributed by atoms with van der Waals surface area (Å²) < 4.78 is 9.40. The molecular formula is C10H17N3O3S. The van der Waals surface area contributed by atoms with E-state index in [1.807, 2.05) is 6.92 Å². The van der Waals surface area contributed by atoms with Crippen molar-refractivity contribution in [2.75, 3.05) is 12.4 Å². The van der Waals surface area contributed by atoms with E-state index in [-0.39, 0.29) is 5.97 Å². The molecule has 0 amide bonds. The molecule has 1 heterocycles. The number of ether oxygens (including phenoxy) is 1. The van der Waals surface area contributed by atoms with Gasteiger partial charge in [-0.2, -0.15) is 11.8 Å². The van der Waals surface area contributed by atoms with Gasteiger partial charge in [-0.3, -0.25) is 4.79 Å². The van der Waals surface area contributed by atoms with Crippen molar-refractivity contribution < 1.29 is 14.2 Å². The third kappa shape index (κ3) is 4.74. The van der Waals surface area contributed by atoms with E-state index in [0.717, 1.165) is 17.1 Å². The molecule has 0 bridgehead atoms. The van der Waals surface area contributed by atoms with Crippen molar-refractivity contribution >= 4 is 17.7 Å². The van der Waals surface area contributed by atoms with Crippen LogP contribution in [-0.2, 0) is 15.3 Å². The number of hydrogen-bond acceptors (Lipinski definition) is 7. The molecule has 0 radical (unpaired) electrons. The summed E-state index contributed by atoms with van der Waals surface area (Å²) in [6.07, 6.45) is 0.591. The lowest BCUT2D eigenvalue weighted by Crippen LogP contribution is -2.32. The highest BCUT2D eigenvalue weighted by molar-refractivity contribution is 7.98. The molecule has 1 aromatic rings. The molecule has 1 aromatic heterocycles. The highest BCUT2D eigenvalue weighted by Crippen LogP contribution is 2.14. The van der Waals surface area contributed by atoms with Crippen LogP contribution in [0.2, 0.25) is 0 Å². The lowest BCUT2D eigenvalue weighted by molar-refractivity contribution is -0.144. The Bertz CT molecular complexity index is 356. The van der Waals surface area contributed by atoms with Crippen LogP contribution in [0.15, 0.2) is 4.63 Å². The van der Waals surface area contributed by atoms with Crippen LogP contribution in [0.5, 0.6) is 0 Å². The topological polar surface area (TPSA) is 91.2 Å². The minimum atomic E-state index is -0.543. The Kier molecular flexibility index (Phi) is 5.99. The number of carbonyl (C=O) groups is 1. The molecule has 0 fully saturated rings. The zero-order valence-corrected chi connectivity index (χ0v) is 10.8. The van der Waals surface area contributed by atoms with Crippen molar-refractivity contribution in [3.05, 3.63) is 11.4 Å². The van der Waals surface area contributed by atoms with Gasteiger partial charge in [0.25, 0.3) is 0 Å². The molecule has 6 nitrogen and oxygen atoms in total. The quantitative estimate of drug-likeness (QED) is 0.574. The fourth-order valence-electron chi connectivity index (χ4n) is 1.13. The second kappa shape index (κ2) is 7.29. The average Bonchev–Trinajstić information content (AvgIpc) is 2.70. The van der Waals surface area contributed by atoms with E-state index < -0.39 is 6.04 Å². The molecule has 1 unspecified atom stereocenters. The SMILES string of the molecule is CCOC(=O)C(N)CCSCc1nonc1C. The first kappa shape index (κ1) is 14.0. The molecule has 0 aliphatic rings. The maximum atomic E-state index is 11.2. The van der Waals surface area contributed by atoms with Crippen LogP contribution in [0.4, 0.5) is 0 Å². The minimum absolute atomic E-state index is 0.340. The summed E-state index contributed by atoms with van der Waals surface area (Å²) in [5.41, 5.74) is 7.29. The monoisotopic (exact) mass is 259 g/mol. The Morgan fingerprint density at radius 3 is 2.94 bits per heavy atom. The molecule has 0 aliphatic carbocycles. The molecule has 0 saturated heterocycles. The predicted octanol–water partition coefficient (Wildman–Crippen LogP) is 0.892. The molecule has 0 aromatic carbocycles. The number of nitrogens with zero attached hydrogens (tertiary/aromatic N) is 2. The Morgan fingerprint density at radius 1 is 1.59 bits per heavy atom. The van der Waals surface area contributed by atoms with Crippen LogP contribution < -0.4 is 5.73 Å². The fraction of sp³-hybridized carbons (Fsp3) is 0.700. The van der Waals surface area contributed by atoms with E-state index in [1.54, 1.807) is 18.7 Å².